The van der Waals surface area contributed by atoms with Gasteiger partial charge in [-0.15, -0.1) is 0 Å². The molecule has 0 unspecified atom stereocenters. The fourth-order valence-corrected chi connectivity index (χ4v) is 1.28. The lowest BCUT2D eigenvalue weighted by Crippen LogP contribution is -2.08. The smallest absolute Gasteiger partial charge is 0.374 e. The molecule has 1 N–H and O–H groups in total. The maximum atomic E-state index is 11.3. The summed E-state index contributed by atoms with van der Waals surface area (Å²) in [5.74, 6) is -0.104. The van der Waals surface area contributed by atoms with Gasteiger partial charge >= 0.3 is 5.97 Å². The molecule has 1 rings (SSSR count). The summed E-state index contributed by atoms with van der Waals surface area (Å²) in [7, 11) is 5.02. The zero-order valence-corrected chi connectivity index (χ0v) is 9.86. The molecule has 0 saturated heterocycles. The molecule has 0 radical (unpaired) electrons. The average molecular weight is 223 g/mol. The van der Waals surface area contributed by atoms with E-state index in [1.165, 1.54) is 7.11 Å². The second kappa shape index (κ2) is 6.07. The van der Waals surface area contributed by atoms with Crippen molar-refractivity contribution < 1.29 is 9.53 Å². The summed E-state index contributed by atoms with van der Waals surface area (Å²) in [5.41, 5.74) is 0.763. The van der Waals surface area contributed by atoms with Crippen LogP contribution in [0.1, 0.15) is 22.7 Å². The van der Waals surface area contributed by atoms with Crippen molar-refractivity contribution in [3.05, 3.63) is 23.8 Å². The highest BCUT2D eigenvalue weighted by atomic mass is 16.5. The Morgan fingerprint density at radius 1 is 1.69 bits per heavy atom. The van der Waals surface area contributed by atoms with Crippen molar-refractivity contribution in [1.29, 1.82) is 0 Å². The summed E-state index contributed by atoms with van der Waals surface area (Å²) in [4.78, 5) is 15.4. The molecule has 16 heavy (non-hydrogen) atoms. The molecule has 0 amide bonds. The Kier molecular flexibility index (Phi) is 4.72. The van der Waals surface area contributed by atoms with Crippen molar-refractivity contribution in [2.45, 2.75) is 6.42 Å². The molecule has 5 heteroatoms. The Morgan fingerprint density at radius 2 is 2.44 bits per heavy atom. The lowest BCUT2D eigenvalue weighted by atomic mass is 10.3. The standard InChI is InChI=1S/C11H17N3O2/c1-12-7-5-4-6-9-8-14(2)10(13-9)11(15)16-3/h4,6,8,12H,5,7H2,1-3H3. The van der Waals surface area contributed by atoms with E-state index in [1.54, 1.807) is 17.8 Å². The third kappa shape index (κ3) is 3.20. The predicted molar refractivity (Wildman–Crippen MR) is 62.1 cm³/mol. The molecule has 0 aromatic carbocycles. The van der Waals surface area contributed by atoms with Crippen LogP contribution in [0.4, 0.5) is 0 Å². The van der Waals surface area contributed by atoms with Crippen LogP contribution in [0.5, 0.6) is 0 Å². The molecule has 5 nitrogen and oxygen atoms in total. The Morgan fingerprint density at radius 3 is 3.06 bits per heavy atom. The maximum Gasteiger partial charge on any atom is 0.374 e. The molecule has 0 bridgehead atoms. The van der Waals surface area contributed by atoms with Gasteiger partial charge in [-0.1, -0.05) is 6.08 Å². The van der Waals surface area contributed by atoms with Gasteiger partial charge in [0, 0.05) is 13.2 Å². The summed E-state index contributed by atoms with van der Waals surface area (Å²) >= 11 is 0. The minimum Gasteiger partial charge on any atom is -0.463 e. The van der Waals surface area contributed by atoms with Gasteiger partial charge < -0.3 is 14.6 Å². The van der Waals surface area contributed by atoms with E-state index in [2.05, 4.69) is 15.0 Å². The van der Waals surface area contributed by atoms with Crippen LogP contribution in [0.25, 0.3) is 6.08 Å². The highest BCUT2D eigenvalue weighted by molar-refractivity contribution is 5.85. The third-order valence-corrected chi connectivity index (χ3v) is 2.11. The highest BCUT2D eigenvalue weighted by Gasteiger charge is 2.12. The molecule has 0 spiro atoms. The first-order chi connectivity index (χ1) is 7.69. The minimum absolute atomic E-state index is 0.316. The fourth-order valence-electron chi connectivity index (χ4n) is 1.28. The quantitative estimate of drug-likeness (QED) is 0.593. The van der Waals surface area contributed by atoms with Crippen molar-refractivity contribution in [2.24, 2.45) is 7.05 Å². The molecule has 0 atom stereocenters. The largest absolute Gasteiger partial charge is 0.463 e. The van der Waals surface area contributed by atoms with E-state index in [0.717, 1.165) is 18.7 Å². The summed E-state index contributed by atoms with van der Waals surface area (Å²) in [5, 5.41) is 3.05. The van der Waals surface area contributed by atoms with Crippen molar-refractivity contribution in [3.63, 3.8) is 0 Å². The first-order valence-corrected chi connectivity index (χ1v) is 5.12. The second-order valence-electron chi connectivity index (χ2n) is 3.39. The van der Waals surface area contributed by atoms with Crippen LogP contribution in [0.15, 0.2) is 12.3 Å². The molecule has 1 heterocycles. The van der Waals surface area contributed by atoms with Crippen molar-refractivity contribution in [2.75, 3.05) is 20.7 Å². The molecule has 0 aliphatic carbocycles. The molecule has 1 aromatic heterocycles. The van der Waals surface area contributed by atoms with Gasteiger partial charge in [-0.3, -0.25) is 0 Å². The van der Waals surface area contributed by atoms with E-state index in [-0.39, 0.29) is 0 Å². The van der Waals surface area contributed by atoms with Crippen LogP contribution in [0.2, 0.25) is 0 Å². The predicted octanol–water partition coefficient (Wildman–Crippen LogP) is 0.829. The van der Waals surface area contributed by atoms with Gasteiger partial charge in [0.1, 0.15) is 0 Å². The molecule has 0 saturated carbocycles. The summed E-state index contributed by atoms with van der Waals surface area (Å²) < 4.78 is 6.27. The van der Waals surface area contributed by atoms with Gasteiger partial charge in [0.15, 0.2) is 0 Å². The number of carbonyl (C=O) groups is 1. The second-order valence-corrected chi connectivity index (χ2v) is 3.39. The number of methoxy groups -OCH3 is 1. The number of hydrogen-bond donors (Lipinski definition) is 1. The Bertz CT molecular complexity index is 383. The van der Waals surface area contributed by atoms with Gasteiger partial charge in [-0.25, -0.2) is 9.78 Å². The van der Waals surface area contributed by atoms with Gasteiger partial charge in [-0.2, -0.15) is 0 Å². The number of nitrogens with one attached hydrogen (secondary N) is 1. The van der Waals surface area contributed by atoms with Crippen LogP contribution < -0.4 is 5.32 Å². The minimum atomic E-state index is -0.419. The average Bonchev–Trinajstić information content (AvgIpc) is 2.65. The normalized spacial score (nSPS) is 10.9. The SMILES string of the molecule is CNCCC=Cc1cn(C)c(C(=O)OC)n1. The Balaban J connectivity index is 2.69. The number of imidazole rings is 1. The van der Waals surface area contributed by atoms with E-state index < -0.39 is 5.97 Å². The van der Waals surface area contributed by atoms with Crippen LogP contribution in [0, 0.1) is 0 Å². The van der Waals surface area contributed by atoms with Crippen LogP contribution in [0.3, 0.4) is 0 Å². The number of rotatable bonds is 5. The first-order valence-electron chi connectivity index (χ1n) is 5.12. The lowest BCUT2D eigenvalue weighted by Gasteiger charge is -1.96. The molecule has 1 aromatic rings. The Labute approximate surface area is 95.1 Å². The van der Waals surface area contributed by atoms with Gasteiger partial charge in [-0.05, 0) is 26.1 Å². The van der Waals surface area contributed by atoms with Crippen molar-refractivity contribution in [1.82, 2.24) is 14.9 Å². The van der Waals surface area contributed by atoms with E-state index in [9.17, 15) is 4.79 Å². The number of aromatic nitrogens is 2. The van der Waals surface area contributed by atoms with E-state index in [4.69, 9.17) is 0 Å². The van der Waals surface area contributed by atoms with E-state index in [1.807, 2.05) is 19.2 Å². The summed E-state index contributed by atoms with van der Waals surface area (Å²) in [6, 6.07) is 0. The van der Waals surface area contributed by atoms with Gasteiger partial charge in [0.05, 0.1) is 12.8 Å². The Hall–Kier alpha value is -1.62. The lowest BCUT2D eigenvalue weighted by molar-refractivity contribution is 0.0583. The van der Waals surface area contributed by atoms with Gasteiger partial charge in [0.25, 0.3) is 0 Å². The molecule has 0 fully saturated rings. The molecular formula is C11H17N3O2. The number of esters is 1. The first kappa shape index (κ1) is 12.4. The number of nitrogens with zero attached hydrogens (tertiary/aromatic N) is 2. The van der Waals surface area contributed by atoms with Crippen molar-refractivity contribution >= 4 is 12.0 Å². The monoisotopic (exact) mass is 223 g/mol. The zero-order valence-electron chi connectivity index (χ0n) is 9.86. The van der Waals surface area contributed by atoms with Crippen molar-refractivity contribution in [3.8, 4) is 0 Å². The van der Waals surface area contributed by atoms with E-state index in [0.29, 0.717) is 5.82 Å². The molecule has 0 aliphatic heterocycles. The molecule has 0 aliphatic rings. The topological polar surface area (TPSA) is 56.2 Å². The van der Waals surface area contributed by atoms with Crippen LogP contribution >= 0.6 is 0 Å². The van der Waals surface area contributed by atoms with E-state index >= 15 is 0 Å². The number of aryl methyl sites for hydroxylation is 1. The fraction of sp³-hybridized carbons (Fsp3) is 0.455. The number of hydrogen-bond acceptors (Lipinski definition) is 4. The highest BCUT2D eigenvalue weighted by Crippen LogP contribution is 2.05. The summed E-state index contributed by atoms with van der Waals surface area (Å²) in [6.07, 6.45) is 6.63. The summed E-state index contributed by atoms with van der Waals surface area (Å²) in [6.45, 7) is 0.924. The van der Waals surface area contributed by atoms with Crippen LogP contribution in [-0.4, -0.2) is 36.2 Å². The molecule has 88 valence electrons. The number of ether oxygens (including phenoxy) is 1. The zero-order chi connectivity index (χ0) is 12.0. The maximum absolute atomic E-state index is 11.3. The molecular weight excluding hydrogens is 206 g/mol. The van der Waals surface area contributed by atoms with Gasteiger partial charge in [0.2, 0.25) is 5.82 Å². The number of carbonyl (C=O) groups excluding carboxylic acids is 1. The third-order valence-electron chi connectivity index (χ3n) is 2.11. The van der Waals surface area contributed by atoms with Crippen LogP contribution in [-0.2, 0) is 11.8 Å².